The zero-order valence-electron chi connectivity index (χ0n) is 13.9. The Kier molecular flexibility index (Phi) is 5.00. The van der Waals surface area contributed by atoms with Crippen LogP contribution in [-0.2, 0) is 11.3 Å². The van der Waals surface area contributed by atoms with Gasteiger partial charge in [0, 0.05) is 17.8 Å². The first kappa shape index (κ1) is 16.6. The van der Waals surface area contributed by atoms with Gasteiger partial charge in [0.1, 0.15) is 5.75 Å². The molecule has 0 aromatic heterocycles. The van der Waals surface area contributed by atoms with Crippen LogP contribution in [0.5, 0.6) is 5.75 Å². The number of phenols is 1. The normalized spacial score (nSPS) is 10.3. The lowest BCUT2D eigenvalue weighted by Gasteiger charge is -2.09. The standard InChI is InChI=1S/C21H19NO3/c1-25-21(24)17-8-6-15(7-9-17)16-10-12-19(13-11-16)22-14-18-4-2-3-5-20(18)23/h2-13,22-23H,14H2,1H3. The fourth-order valence-corrected chi connectivity index (χ4v) is 2.55. The Morgan fingerprint density at radius 3 is 2.12 bits per heavy atom. The van der Waals surface area contributed by atoms with Crippen LogP contribution in [0, 0.1) is 0 Å². The summed E-state index contributed by atoms with van der Waals surface area (Å²) in [4.78, 5) is 11.5. The Hall–Kier alpha value is -3.27. The highest BCUT2D eigenvalue weighted by Gasteiger charge is 2.05. The van der Waals surface area contributed by atoms with Gasteiger partial charge in [0.2, 0.25) is 0 Å². The third kappa shape index (κ3) is 3.98. The molecule has 0 fully saturated rings. The average Bonchev–Trinajstić information content (AvgIpc) is 2.67. The number of rotatable bonds is 5. The second-order valence-corrected chi connectivity index (χ2v) is 5.63. The maximum atomic E-state index is 11.5. The molecule has 3 aromatic rings. The van der Waals surface area contributed by atoms with Gasteiger partial charge in [-0.05, 0) is 41.5 Å². The van der Waals surface area contributed by atoms with Crippen LogP contribution >= 0.6 is 0 Å². The summed E-state index contributed by atoms with van der Waals surface area (Å²) in [5.41, 5.74) is 4.44. The molecule has 0 amide bonds. The summed E-state index contributed by atoms with van der Waals surface area (Å²) in [6.07, 6.45) is 0. The van der Waals surface area contributed by atoms with Crippen LogP contribution in [0.3, 0.4) is 0 Å². The number of hydrogen-bond donors (Lipinski definition) is 2. The predicted octanol–water partition coefficient (Wildman–Crippen LogP) is 4.46. The molecule has 0 atom stereocenters. The molecule has 4 heteroatoms. The first-order valence-electron chi connectivity index (χ1n) is 7.97. The summed E-state index contributed by atoms with van der Waals surface area (Å²) in [5.74, 6) is -0.0485. The zero-order chi connectivity index (χ0) is 17.6. The van der Waals surface area contributed by atoms with Crippen molar-refractivity contribution in [3.8, 4) is 16.9 Å². The van der Waals surface area contributed by atoms with Gasteiger partial charge in [-0.3, -0.25) is 0 Å². The zero-order valence-corrected chi connectivity index (χ0v) is 13.9. The maximum Gasteiger partial charge on any atom is 0.337 e. The number of aromatic hydroxyl groups is 1. The smallest absolute Gasteiger partial charge is 0.337 e. The molecule has 0 radical (unpaired) electrons. The molecule has 0 saturated heterocycles. The summed E-state index contributed by atoms with van der Waals surface area (Å²) in [6.45, 7) is 0.555. The molecule has 3 rings (SSSR count). The second-order valence-electron chi connectivity index (χ2n) is 5.63. The SMILES string of the molecule is COC(=O)c1ccc(-c2ccc(NCc3ccccc3O)cc2)cc1. The molecule has 25 heavy (non-hydrogen) atoms. The Morgan fingerprint density at radius 2 is 1.52 bits per heavy atom. The number of hydrogen-bond acceptors (Lipinski definition) is 4. The predicted molar refractivity (Wildman–Crippen MR) is 98.7 cm³/mol. The largest absolute Gasteiger partial charge is 0.508 e. The first-order chi connectivity index (χ1) is 12.2. The maximum absolute atomic E-state index is 11.5. The van der Waals surface area contributed by atoms with Gasteiger partial charge in [-0.25, -0.2) is 4.79 Å². The minimum Gasteiger partial charge on any atom is -0.508 e. The van der Waals surface area contributed by atoms with E-state index in [1.165, 1.54) is 7.11 Å². The molecule has 0 heterocycles. The molecular formula is C21H19NO3. The summed E-state index contributed by atoms with van der Waals surface area (Å²) in [7, 11) is 1.37. The minimum atomic E-state index is -0.338. The van der Waals surface area contributed by atoms with E-state index >= 15 is 0 Å². The Labute approximate surface area is 146 Å². The van der Waals surface area contributed by atoms with Gasteiger partial charge < -0.3 is 15.2 Å². The van der Waals surface area contributed by atoms with E-state index in [1.807, 2.05) is 48.5 Å². The summed E-state index contributed by atoms with van der Waals surface area (Å²) in [6, 6.07) is 22.6. The van der Waals surface area contributed by atoms with Gasteiger partial charge in [-0.15, -0.1) is 0 Å². The molecule has 0 aliphatic rings. The Bertz CT molecular complexity index is 855. The topological polar surface area (TPSA) is 58.6 Å². The van der Waals surface area contributed by atoms with Crippen LogP contribution in [0.25, 0.3) is 11.1 Å². The van der Waals surface area contributed by atoms with Gasteiger partial charge in [0.05, 0.1) is 12.7 Å². The molecule has 3 aromatic carbocycles. The Balaban J connectivity index is 1.68. The molecule has 126 valence electrons. The van der Waals surface area contributed by atoms with Gasteiger partial charge in [0.15, 0.2) is 0 Å². The van der Waals surface area contributed by atoms with Crippen molar-refractivity contribution in [2.45, 2.75) is 6.54 Å². The Morgan fingerprint density at radius 1 is 0.920 bits per heavy atom. The van der Waals surface area contributed by atoms with Gasteiger partial charge >= 0.3 is 5.97 Å². The highest BCUT2D eigenvalue weighted by atomic mass is 16.5. The lowest BCUT2D eigenvalue weighted by molar-refractivity contribution is 0.0601. The number of carbonyl (C=O) groups excluding carboxylic acids is 1. The molecular weight excluding hydrogens is 314 g/mol. The fraction of sp³-hybridized carbons (Fsp3) is 0.0952. The van der Waals surface area contributed by atoms with Crippen LogP contribution in [0.1, 0.15) is 15.9 Å². The molecule has 0 aliphatic heterocycles. The first-order valence-corrected chi connectivity index (χ1v) is 7.97. The average molecular weight is 333 g/mol. The molecule has 2 N–H and O–H groups in total. The van der Waals surface area contributed by atoms with Crippen molar-refractivity contribution in [3.63, 3.8) is 0 Å². The van der Waals surface area contributed by atoms with E-state index in [9.17, 15) is 9.90 Å². The van der Waals surface area contributed by atoms with Crippen molar-refractivity contribution in [1.82, 2.24) is 0 Å². The number of nitrogens with one attached hydrogen (secondary N) is 1. The van der Waals surface area contributed by atoms with Crippen LogP contribution < -0.4 is 5.32 Å². The third-order valence-corrected chi connectivity index (χ3v) is 4.00. The van der Waals surface area contributed by atoms with Gasteiger partial charge in [-0.2, -0.15) is 0 Å². The van der Waals surface area contributed by atoms with E-state index in [0.717, 1.165) is 22.4 Å². The van der Waals surface area contributed by atoms with Crippen molar-refractivity contribution in [2.75, 3.05) is 12.4 Å². The number of anilines is 1. The fourth-order valence-electron chi connectivity index (χ4n) is 2.55. The molecule has 0 saturated carbocycles. The second kappa shape index (κ2) is 7.53. The highest BCUT2D eigenvalue weighted by Crippen LogP contribution is 2.23. The number of methoxy groups -OCH3 is 1. The van der Waals surface area contributed by atoms with Crippen molar-refractivity contribution < 1.29 is 14.6 Å². The number of esters is 1. The minimum absolute atomic E-state index is 0.289. The van der Waals surface area contributed by atoms with Crippen molar-refractivity contribution >= 4 is 11.7 Å². The molecule has 4 nitrogen and oxygen atoms in total. The van der Waals surface area contributed by atoms with Crippen molar-refractivity contribution in [3.05, 3.63) is 83.9 Å². The van der Waals surface area contributed by atoms with E-state index in [1.54, 1.807) is 24.3 Å². The van der Waals surface area contributed by atoms with Gasteiger partial charge in [-0.1, -0.05) is 42.5 Å². The summed E-state index contributed by atoms with van der Waals surface area (Å²) >= 11 is 0. The molecule has 0 spiro atoms. The van der Waals surface area contributed by atoms with Crippen LogP contribution in [-0.4, -0.2) is 18.2 Å². The van der Waals surface area contributed by atoms with E-state index in [4.69, 9.17) is 4.74 Å². The lowest BCUT2D eigenvalue weighted by atomic mass is 10.0. The van der Waals surface area contributed by atoms with Crippen molar-refractivity contribution in [1.29, 1.82) is 0 Å². The number of benzene rings is 3. The molecule has 0 aliphatic carbocycles. The van der Waals surface area contributed by atoms with E-state index in [0.29, 0.717) is 12.1 Å². The van der Waals surface area contributed by atoms with Crippen molar-refractivity contribution in [2.24, 2.45) is 0 Å². The quantitative estimate of drug-likeness (QED) is 0.677. The number of para-hydroxylation sites is 1. The van der Waals surface area contributed by atoms with Gasteiger partial charge in [0.25, 0.3) is 0 Å². The summed E-state index contributed by atoms with van der Waals surface area (Å²) < 4.78 is 4.70. The van der Waals surface area contributed by atoms with Crippen LogP contribution in [0.4, 0.5) is 5.69 Å². The number of carbonyl (C=O) groups is 1. The monoisotopic (exact) mass is 333 g/mol. The molecule has 0 unspecified atom stereocenters. The van der Waals surface area contributed by atoms with E-state index in [-0.39, 0.29) is 11.7 Å². The van der Waals surface area contributed by atoms with E-state index < -0.39 is 0 Å². The molecule has 0 bridgehead atoms. The van der Waals surface area contributed by atoms with Crippen LogP contribution in [0.15, 0.2) is 72.8 Å². The van der Waals surface area contributed by atoms with E-state index in [2.05, 4.69) is 5.32 Å². The summed E-state index contributed by atoms with van der Waals surface area (Å²) in [5, 5.41) is 13.1. The highest BCUT2D eigenvalue weighted by molar-refractivity contribution is 5.90. The number of ether oxygens (including phenoxy) is 1. The number of phenolic OH excluding ortho intramolecular Hbond substituents is 1. The van der Waals surface area contributed by atoms with Crippen LogP contribution in [0.2, 0.25) is 0 Å². The lowest BCUT2D eigenvalue weighted by Crippen LogP contribution is -2.00. The third-order valence-electron chi connectivity index (χ3n) is 4.00.